The van der Waals surface area contributed by atoms with Crippen LogP contribution in [0.3, 0.4) is 0 Å². The lowest BCUT2D eigenvalue weighted by atomic mass is 10.5. The first-order valence-electron chi connectivity index (χ1n) is 4.15. The highest BCUT2D eigenvalue weighted by Crippen LogP contribution is 1.95. The molecule has 1 unspecified atom stereocenters. The third-order valence-corrected chi connectivity index (χ3v) is 1.25. The Labute approximate surface area is 73.4 Å². The molecule has 0 aliphatic heterocycles. The van der Waals surface area contributed by atoms with Gasteiger partial charge < -0.3 is 14.2 Å². The summed E-state index contributed by atoms with van der Waals surface area (Å²) in [6.07, 6.45) is 0.609. The van der Waals surface area contributed by atoms with Gasteiger partial charge in [-0.3, -0.25) is 0 Å². The molecule has 12 heavy (non-hydrogen) atoms. The third-order valence-electron chi connectivity index (χ3n) is 1.25. The highest BCUT2D eigenvalue weighted by molar-refractivity contribution is 4.40. The SMILES string of the molecule is CCCOC(COCC[O])OC. The number of methoxy groups -OCH3 is 1. The summed E-state index contributed by atoms with van der Waals surface area (Å²) < 4.78 is 15.2. The lowest BCUT2D eigenvalue weighted by molar-refractivity contribution is -0.159. The molecule has 0 aromatic rings. The zero-order valence-electron chi connectivity index (χ0n) is 7.75. The lowest BCUT2D eigenvalue weighted by Crippen LogP contribution is -2.23. The monoisotopic (exact) mass is 177 g/mol. The van der Waals surface area contributed by atoms with Crippen molar-refractivity contribution in [2.75, 3.05) is 33.5 Å². The van der Waals surface area contributed by atoms with Gasteiger partial charge in [-0.05, 0) is 6.42 Å². The Bertz CT molecular complexity index is 87.1. The van der Waals surface area contributed by atoms with Gasteiger partial charge in [-0.1, -0.05) is 6.92 Å². The van der Waals surface area contributed by atoms with Gasteiger partial charge in [0.15, 0.2) is 6.29 Å². The van der Waals surface area contributed by atoms with E-state index in [0.29, 0.717) is 13.2 Å². The van der Waals surface area contributed by atoms with Crippen LogP contribution in [0.2, 0.25) is 0 Å². The first-order valence-corrected chi connectivity index (χ1v) is 4.15. The number of hydrogen-bond donors (Lipinski definition) is 0. The Morgan fingerprint density at radius 3 is 2.58 bits per heavy atom. The van der Waals surface area contributed by atoms with Crippen LogP contribution < -0.4 is 0 Å². The van der Waals surface area contributed by atoms with Crippen LogP contribution in [0, 0.1) is 0 Å². The van der Waals surface area contributed by atoms with Crippen molar-refractivity contribution in [2.45, 2.75) is 19.6 Å². The largest absolute Gasteiger partial charge is 0.374 e. The summed E-state index contributed by atoms with van der Waals surface area (Å²) in [6.45, 7) is 3.00. The van der Waals surface area contributed by atoms with Crippen molar-refractivity contribution >= 4 is 0 Å². The normalized spacial score (nSPS) is 13.2. The second kappa shape index (κ2) is 8.93. The third kappa shape index (κ3) is 6.54. The van der Waals surface area contributed by atoms with Crippen molar-refractivity contribution in [1.82, 2.24) is 0 Å². The molecule has 0 heterocycles. The van der Waals surface area contributed by atoms with Crippen LogP contribution in [0.25, 0.3) is 0 Å². The summed E-state index contributed by atoms with van der Waals surface area (Å²) in [4.78, 5) is 0. The fourth-order valence-corrected chi connectivity index (χ4v) is 0.672. The number of hydrogen-bond acceptors (Lipinski definition) is 3. The molecule has 0 saturated heterocycles. The zero-order valence-corrected chi connectivity index (χ0v) is 7.75. The average Bonchev–Trinajstić information content (AvgIpc) is 2.11. The van der Waals surface area contributed by atoms with Crippen molar-refractivity contribution in [3.05, 3.63) is 0 Å². The minimum atomic E-state index is -0.337. The maximum Gasteiger partial charge on any atom is 0.180 e. The predicted molar refractivity (Wildman–Crippen MR) is 43.4 cm³/mol. The van der Waals surface area contributed by atoms with Gasteiger partial charge in [0.05, 0.1) is 13.2 Å². The predicted octanol–water partition coefficient (Wildman–Crippen LogP) is 0.833. The lowest BCUT2D eigenvalue weighted by Gasteiger charge is -2.15. The molecule has 1 atom stereocenters. The second-order valence-corrected chi connectivity index (χ2v) is 2.32. The Morgan fingerprint density at radius 1 is 1.33 bits per heavy atom. The van der Waals surface area contributed by atoms with Crippen LogP contribution in [0.4, 0.5) is 0 Å². The van der Waals surface area contributed by atoms with Gasteiger partial charge in [0.1, 0.15) is 6.61 Å². The quantitative estimate of drug-likeness (QED) is 0.407. The fourth-order valence-electron chi connectivity index (χ4n) is 0.672. The molecule has 73 valence electrons. The number of ether oxygens (including phenoxy) is 3. The van der Waals surface area contributed by atoms with E-state index in [9.17, 15) is 5.11 Å². The molecular formula is C8H17O4. The van der Waals surface area contributed by atoms with E-state index in [1.54, 1.807) is 7.11 Å². The standard InChI is InChI=1S/C8H17O4/c1-3-5-12-8(10-2)7-11-6-4-9/h8H,3-7H2,1-2H3. The van der Waals surface area contributed by atoms with E-state index in [0.717, 1.165) is 6.42 Å². The van der Waals surface area contributed by atoms with Crippen LogP contribution in [0.15, 0.2) is 0 Å². The zero-order chi connectivity index (χ0) is 9.23. The summed E-state index contributed by atoms with van der Waals surface area (Å²) in [7, 11) is 1.56. The van der Waals surface area contributed by atoms with Crippen molar-refractivity contribution in [3.8, 4) is 0 Å². The molecule has 4 heteroatoms. The Balaban J connectivity index is 3.26. The van der Waals surface area contributed by atoms with Crippen LogP contribution in [-0.4, -0.2) is 39.8 Å². The first-order chi connectivity index (χ1) is 5.85. The van der Waals surface area contributed by atoms with E-state index in [1.165, 1.54) is 0 Å². The Morgan fingerprint density at radius 2 is 2.08 bits per heavy atom. The highest BCUT2D eigenvalue weighted by Gasteiger charge is 2.05. The van der Waals surface area contributed by atoms with Gasteiger partial charge in [-0.25, -0.2) is 5.11 Å². The average molecular weight is 177 g/mol. The molecule has 0 aromatic heterocycles. The van der Waals surface area contributed by atoms with Crippen molar-refractivity contribution < 1.29 is 19.3 Å². The molecule has 0 amide bonds. The minimum absolute atomic E-state index is 0.218. The molecule has 0 fully saturated rings. The van der Waals surface area contributed by atoms with E-state index in [2.05, 4.69) is 0 Å². The van der Waals surface area contributed by atoms with Crippen LogP contribution in [0.1, 0.15) is 13.3 Å². The van der Waals surface area contributed by atoms with Crippen molar-refractivity contribution in [1.29, 1.82) is 0 Å². The Hall–Kier alpha value is -0.160. The van der Waals surface area contributed by atoms with Gasteiger partial charge >= 0.3 is 0 Å². The van der Waals surface area contributed by atoms with E-state index >= 15 is 0 Å². The summed E-state index contributed by atoms with van der Waals surface area (Å²) in [5.74, 6) is 0. The molecule has 0 saturated carbocycles. The smallest absolute Gasteiger partial charge is 0.180 e. The van der Waals surface area contributed by atoms with Gasteiger partial charge in [-0.2, -0.15) is 0 Å². The minimum Gasteiger partial charge on any atom is -0.374 e. The van der Waals surface area contributed by atoms with E-state index in [4.69, 9.17) is 14.2 Å². The van der Waals surface area contributed by atoms with Crippen LogP contribution >= 0.6 is 0 Å². The maximum absolute atomic E-state index is 10.0. The van der Waals surface area contributed by atoms with E-state index in [1.807, 2.05) is 6.92 Å². The first kappa shape index (κ1) is 11.8. The summed E-state index contributed by atoms with van der Waals surface area (Å²) in [5, 5.41) is 10.0. The van der Waals surface area contributed by atoms with Crippen molar-refractivity contribution in [3.63, 3.8) is 0 Å². The molecular weight excluding hydrogens is 160 g/mol. The number of rotatable bonds is 8. The topological polar surface area (TPSA) is 47.6 Å². The molecule has 4 nitrogen and oxygen atoms in total. The van der Waals surface area contributed by atoms with Crippen molar-refractivity contribution in [2.24, 2.45) is 0 Å². The molecule has 0 rings (SSSR count). The van der Waals surface area contributed by atoms with Gasteiger partial charge in [0.2, 0.25) is 0 Å². The molecule has 0 spiro atoms. The van der Waals surface area contributed by atoms with Crippen LogP contribution in [0.5, 0.6) is 0 Å². The molecule has 0 aliphatic rings. The fraction of sp³-hybridized carbons (Fsp3) is 1.00. The molecule has 0 bridgehead atoms. The van der Waals surface area contributed by atoms with Gasteiger partial charge in [0, 0.05) is 13.7 Å². The Kier molecular flexibility index (Phi) is 8.81. The molecule has 1 radical (unpaired) electrons. The summed E-state index contributed by atoms with van der Waals surface area (Å²) in [6, 6.07) is 0. The maximum atomic E-state index is 10.0. The molecule has 0 aliphatic carbocycles. The van der Waals surface area contributed by atoms with E-state index < -0.39 is 0 Å². The molecule has 0 N–H and O–H groups in total. The molecule has 0 aromatic carbocycles. The second-order valence-electron chi connectivity index (χ2n) is 2.32. The summed E-state index contributed by atoms with van der Waals surface area (Å²) >= 11 is 0. The van der Waals surface area contributed by atoms with Gasteiger partial charge in [-0.15, -0.1) is 0 Å². The van der Waals surface area contributed by atoms with Gasteiger partial charge in [0.25, 0.3) is 0 Å². The summed E-state index contributed by atoms with van der Waals surface area (Å²) in [5.41, 5.74) is 0. The van der Waals surface area contributed by atoms with E-state index in [-0.39, 0.29) is 19.5 Å². The highest BCUT2D eigenvalue weighted by atomic mass is 16.7. The van der Waals surface area contributed by atoms with Crippen LogP contribution in [-0.2, 0) is 19.3 Å².